The summed E-state index contributed by atoms with van der Waals surface area (Å²) in [7, 11) is 0. The van der Waals surface area contributed by atoms with E-state index in [9.17, 15) is 5.11 Å². The van der Waals surface area contributed by atoms with Gasteiger partial charge in [0.1, 0.15) is 6.10 Å². The lowest BCUT2D eigenvalue weighted by molar-refractivity contribution is 0.220. The van der Waals surface area contributed by atoms with E-state index < -0.39 is 6.10 Å². The summed E-state index contributed by atoms with van der Waals surface area (Å²) in [5.74, 6) is 0. The average molecular weight is 253 g/mol. The van der Waals surface area contributed by atoms with Crippen molar-refractivity contribution in [1.82, 2.24) is 0 Å². The third-order valence-electron chi connectivity index (χ3n) is 2.70. The molecule has 0 fully saturated rings. The molecule has 1 atom stereocenters. The fraction of sp³-hybridized carbons (Fsp3) is 0.231. The molecular formula is C13H13ClOS. The van der Waals surface area contributed by atoms with Crippen LogP contribution in [0.1, 0.15) is 28.4 Å². The highest BCUT2D eigenvalue weighted by molar-refractivity contribution is 7.07. The first-order valence-electron chi connectivity index (χ1n) is 5.06. The molecule has 84 valence electrons. The maximum Gasteiger partial charge on any atom is 0.105 e. The SMILES string of the molecule is Cc1cc(C(O)c2ccsc2)c(C)cc1Cl. The highest BCUT2D eigenvalue weighted by Crippen LogP contribution is 2.29. The van der Waals surface area contributed by atoms with E-state index in [2.05, 4.69) is 0 Å². The van der Waals surface area contributed by atoms with E-state index in [-0.39, 0.29) is 0 Å². The molecule has 1 aromatic heterocycles. The maximum absolute atomic E-state index is 10.2. The lowest BCUT2D eigenvalue weighted by atomic mass is 9.97. The lowest BCUT2D eigenvalue weighted by Crippen LogP contribution is -2.01. The first-order chi connectivity index (χ1) is 7.59. The molecule has 1 heterocycles. The molecule has 2 aromatic rings. The second-order valence-corrected chi connectivity index (χ2v) is 5.10. The Morgan fingerprint density at radius 3 is 2.62 bits per heavy atom. The normalized spacial score (nSPS) is 12.8. The average Bonchev–Trinajstić information content (AvgIpc) is 2.75. The molecule has 1 N–H and O–H groups in total. The van der Waals surface area contributed by atoms with E-state index in [1.54, 1.807) is 11.3 Å². The van der Waals surface area contributed by atoms with Gasteiger partial charge in [0.05, 0.1) is 0 Å². The minimum atomic E-state index is -0.554. The largest absolute Gasteiger partial charge is 0.384 e. The van der Waals surface area contributed by atoms with Crippen LogP contribution in [0.4, 0.5) is 0 Å². The first-order valence-corrected chi connectivity index (χ1v) is 6.38. The molecule has 2 rings (SSSR count). The number of aliphatic hydroxyl groups excluding tert-OH is 1. The van der Waals surface area contributed by atoms with E-state index in [0.29, 0.717) is 0 Å². The summed E-state index contributed by atoms with van der Waals surface area (Å²) in [4.78, 5) is 0. The molecule has 16 heavy (non-hydrogen) atoms. The number of aliphatic hydroxyl groups is 1. The molecule has 1 nitrogen and oxygen atoms in total. The van der Waals surface area contributed by atoms with Crippen molar-refractivity contribution in [2.75, 3.05) is 0 Å². The third kappa shape index (κ3) is 2.14. The molecule has 0 aliphatic rings. The summed E-state index contributed by atoms with van der Waals surface area (Å²) in [5, 5.41) is 14.9. The number of thiophene rings is 1. The van der Waals surface area contributed by atoms with Crippen molar-refractivity contribution in [3.63, 3.8) is 0 Å². The van der Waals surface area contributed by atoms with Crippen LogP contribution in [0, 0.1) is 13.8 Å². The van der Waals surface area contributed by atoms with Crippen molar-refractivity contribution in [3.8, 4) is 0 Å². The number of benzene rings is 1. The molecule has 1 aromatic carbocycles. The Hall–Kier alpha value is -0.830. The van der Waals surface area contributed by atoms with Gasteiger partial charge >= 0.3 is 0 Å². The van der Waals surface area contributed by atoms with Crippen LogP contribution in [0.5, 0.6) is 0 Å². The van der Waals surface area contributed by atoms with Gasteiger partial charge in [-0.3, -0.25) is 0 Å². The smallest absolute Gasteiger partial charge is 0.105 e. The third-order valence-corrected chi connectivity index (χ3v) is 3.81. The highest BCUT2D eigenvalue weighted by atomic mass is 35.5. The molecular weight excluding hydrogens is 240 g/mol. The van der Waals surface area contributed by atoms with Crippen molar-refractivity contribution in [2.45, 2.75) is 20.0 Å². The van der Waals surface area contributed by atoms with Gasteiger partial charge in [0, 0.05) is 5.02 Å². The molecule has 0 amide bonds. The molecule has 0 saturated carbocycles. The fourth-order valence-electron chi connectivity index (χ4n) is 1.71. The molecule has 0 saturated heterocycles. The number of hydrogen-bond acceptors (Lipinski definition) is 2. The van der Waals surface area contributed by atoms with Crippen molar-refractivity contribution in [2.24, 2.45) is 0 Å². The molecule has 0 aliphatic heterocycles. The Morgan fingerprint density at radius 1 is 1.25 bits per heavy atom. The summed E-state index contributed by atoms with van der Waals surface area (Å²) in [6.45, 7) is 3.92. The Labute approximate surface area is 104 Å². The number of hydrogen-bond donors (Lipinski definition) is 1. The van der Waals surface area contributed by atoms with Crippen LogP contribution in [-0.4, -0.2) is 5.11 Å². The zero-order valence-electron chi connectivity index (χ0n) is 9.20. The summed E-state index contributed by atoms with van der Waals surface area (Å²) in [6, 6.07) is 5.81. The minimum Gasteiger partial charge on any atom is -0.384 e. The van der Waals surface area contributed by atoms with Gasteiger partial charge in [-0.2, -0.15) is 11.3 Å². The minimum absolute atomic E-state index is 0.554. The second-order valence-electron chi connectivity index (χ2n) is 3.92. The maximum atomic E-state index is 10.2. The van der Waals surface area contributed by atoms with E-state index in [1.165, 1.54) is 0 Å². The van der Waals surface area contributed by atoms with Crippen LogP contribution in [0.3, 0.4) is 0 Å². The Kier molecular flexibility index (Phi) is 3.33. The lowest BCUT2D eigenvalue weighted by Gasteiger charge is -2.14. The molecule has 0 bridgehead atoms. The van der Waals surface area contributed by atoms with E-state index in [1.807, 2.05) is 42.8 Å². The van der Waals surface area contributed by atoms with Crippen molar-refractivity contribution >= 4 is 22.9 Å². The van der Waals surface area contributed by atoms with Crippen molar-refractivity contribution in [3.05, 3.63) is 56.2 Å². The van der Waals surface area contributed by atoms with Gasteiger partial charge < -0.3 is 5.11 Å². The van der Waals surface area contributed by atoms with Crippen molar-refractivity contribution < 1.29 is 5.11 Å². The van der Waals surface area contributed by atoms with E-state index >= 15 is 0 Å². The highest BCUT2D eigenvalue weighted by Gasteiger charge is 2.14. The Bertz CT molecular complexity index is 491. The summed E-state index contributed by atoms with van der Waals surface area (Å²) in [5.41, 5.74) is 3.89. The van der Waals surface area contributed by atoms with Crippen LogP contribution < -0.4 is 0 Å². The van der Waals surface area contributed by atoms with Crippen LogP contribution in [0.25, 0.3) is 0 Å². The predicted octanol–water partition coefficient (Wildman–Crippen LogP) is 4.10. The Morgan fingerprint density at radius 2 is 2.00 bits per heavy atom. The monoisotopic (exact) mass is 252 g/mol. The van der Waals surface area contributed by atoms with Gasteiger partial charge in [0.2, 0.25) is 0 Å². The molecule has 0 spiro atoms. The standard InChI is InChI=1S/C13H13ClOS/c1-8-6-12(14)9(2)5-11(8)13(15)10-3-4-16-7-10/h3-7,13,15H,1-2H3. The number of rotatable bonds is 2. The predicted molar refractivity (Wildman–Crippen MR) is 69.3 cm³/mol. The van der Waals surface area contributed by atoms with Crippen LogP contribution in [0.2, 0.25) is 5.02 Å². The fourth-order valence-corrected chi connectivity index (χ4v) is 2.61. The second kappa shape index (κ2) is 4.58. The van der Waals surface area contributed by atoms with Crippen LogP contribution >= 0.6 is 22.9 Å². The first kappa shape index (κ1) is 11.6. The summed E-state index contributed by atoms with van der Waals surface area (Å²) < 4.78 is 0. The van der Waals surface area contributed by atoms with Gasteiger partial charge in [-0.1, -0.05) is 17.7 Å². The van der Waals surface area contributed by atoms with Gasteiger partial charge in [0.25, 0.3) is 0 Å². The van der Waals surface area contributed by atoms with Gasteiger partial charge in [-0.15, -0.1) is 0 Å². The molecule has 1 unspecified atom stereocenters. The summed E-state index contributed by atoms with van der Waals surface area (Å²) >= 11 is 7.63. The summed E-state index contributed by atoms with van der Waals surface area (Å²) in [6.07, 6.45) is -0.554. The zero-order valence-corrected chi connectivity index (χ0v) is 10.8. The van der Waals surface area contributed by atoms with E-state index in [4.69, 9.17) is 11.6 Å². The number of halogens is 1. The van der Waals surface area contributed by atoms with Crippen LogP contribution in [-0.2, 0) is 0 Å². The quantitative estimate of drug-likeness (QED) is 0.853. The van der Waals surface area contributed by atoms with Gasteiger partial charge in [-0.05, 0) is 59.0 Å². The number of aryl methyl sites for hydroxylation is 2. The van der Waals surface area contributed by atoms with Gasteiger partial charge in [0.15, 0.2) is 0 Å². The topological polar surface area (TPSA) is 20.2 Å². The van der Waals surface area contributed by atoms with E-state index in [0.717, 1.165) is 27.3 Å². The van der Waals surface area contributed by atoms with Crippen LogP contribution in [0.15, 0.2) is 29.0 Å². The Balaban J connectivity index is 2.44. The zero-order chi connectivity index (χ0) is 11.7. The van der Waals surface area contributed by atoms with Gasteiger partial charge in [-0.25, -0.2) is 0 Å². The molecule has 3 heteroatoms. The molecule has 0 aliphatic carbocycles. The van der Waals surface area contributed by atoms with Crippen molar-refractivity contribution in [1.29, 1.82) is 0 Å². The molecule has 0 radical (unpaired) electrons.